The van der Waals surface area contributed by atoms with Crippen LogP contribution in [0.1, 0.15) is 44.9 Å². The summed E-state index contributed by atoms with van der Waals surface area (Å²) in [5.74, 6) is 2.54. The molecule has 0 spiro atoms. The largest absolute Gasteiger partial charge is 0.311 e. The summed E-state index contributed by atoms with van der Waals surface area (Å²) in [6.45, 7) is 1.06. The molecule has 4 aliphatic rings. The van der Waals surface area contributed by atoms with Gasteiger partial charge in [0.05, 0.1) is 6.10 Å². The maximum atomic E-state index is 5.95. The molecule has 17 heavy (non-hydrogen) atoms. The minimum Gasteiger partial charge on any atom is -0.311 e. The Morgan fingerprint density at radius 2 is 1.82 bits per heavy atom. The van der Waals surface area contributed by atoms with Gasteiger partial charge >= 0.3 is 0 Å². The number of fused-ring (bicyclic) bond motifs is 5. The monoisotopic (exact) mass is 236 g/mol. The Morgan fingerprint density at radius 3 is 2.82 bits per heavy atom. The summed E-state index contributed by atoms with van der Waals surface area (Å²) in [5.41, 5.74) is 3.16. The lowest BCUT2D eigenvalue weighted by molar-refractivity contribution is -0.141. The van der Waals surface area contributed by atoms with Crippen molar-refractivity contribution in [2.45, 2.75) is 63.1 Å². The van der Waals surface area contributed by atoms with E-state index in [2.05, 4.69) is 10.8 Å². The lowest BCUT2D eigenvalue weighted by atomic mass is 9.67. The zero-order valence-electron chi connectivity index (χ0n) is 10.5. The second kappa shape index (κ2) is 4.22. The standard InChI is InChI=1S/C14H24N2O/c1-2-4-11-10(3-1)13-12(16-11)6-5-9-7-8-15-17-14(9)13/h9-16H,1-8H2. The van der Waals surface area contributed by atoms with E-state index in [1.165, 1.54) is 44.9 Å². The number of rotatable bonds is 0. The van der Waals surface area contributed by atoms with Gasteiger partial charge in [-0.1, -0.05) is 12.8 Å². The third-order valence-corrected chi connectivity index (χ3v) is 5.74. The lowest BCUT2D eigenvalue weighted by Gasteiger charge is -2.44. The van der Waals surface area contributed by atoms with Crippen molar-refractivity contribution in [3.05, 3.63) is 0 Å². The second-order valence-corrected chi connectivity index (χ2v) is 6.51. The maximum absolute atomic E-state index is 5.95. The summed E-state index contributed by atoms with van der Waals surface area (Å²) >= 11 is 0. The average Bonchev–Trinajstić information content (AvgIpc) is 2.77. The van der Waals surface area contributed by atoms with Gasteiger partial charge in [-0.15, -0.1) is 0 Å². The van der Waals surface area contributed by atoms with Gasteiger partial charge < -0.3 is 5.32 Å². The summed E-state index contributed by atoms with van der Waals surface area (Å²) in [5, 5.41) is 3.92. The zero-order valence-corrected chi connectivity index (χ0v) is 10.5. The Hall–Kier alpha value is -0.120. The Morgan fingerprint density at radius 1 is 0.882 bits per heavy atom. The molecular formula is C14H24N2O. The number of hydrogen-bond acceptors (Lipinski definition) is 3. The van der Waals surface area contributed by atoms with Crippen molar-refractivity contribution < 1.29 is 4.84 Å². The molecule has 0 radical (unpaired) electrons. The van der Waals surface area contributed by atoms with E-state index in [0.29, 0.717) is 6.10 Å². The van der Waals surface area contributed by atoms with Crippen molar-refractivity contribution in [1.29, 1.82) is 0 Å². The molecule has 6 atom stereocenters. The first kappa shape index (κ1) is 10.8. The van der Waals surface area contributed by atoms with Crippen molar-refractivity contribution in [3.63, 3.8) is 0 Å². The van der Waals surface area contributed by atoms with Gasteiger partial charge in [-0.05, 0) is 43.9 Å². The van der Waals surface area contributed by atoms with Crippen LogP contribution in [-0.4, -0.2) is 24.7 Å². The van der Waals surface area contributed by atoms with Gasteiger partial charge in [0.25, 0.3) is 0 Å². The van der Waals surface area contributed by atoms with Crippen molar-refractivity contribution in [1.82, 2.24) is 10.8 Å². The van der Waals surface area contributed by atoms with Crippen LogP contribution < -0.4 is 10.8 Å². The van der Waals surface area contributed by atoms with Crippen LogP contribution in [0.4, 0.5) is 0 Å². The fourth-order valence-corrected chi connectivity index (χ4v) is 5.02. The van der Waals surface area contributed by atoms with Crippen molar-refractivity contribution in [3.8, 4) is 0 Å². The van der Waals surface area contributed by atoms with Gasteiger partial charge in [-0.2, -0.15) is 0 Å². The van der Waals surface area contributed by atoms with Crippen LogP contribution in [0, 0.1) is 17.8 Å². The quantitative estimate of drug-likeness (QED) is 0.673. The van der Waals surface area contributed by atoms with E-state index < -0.39 is 0 Å². The molecular weight excluding hydrogens is 212 g/mol. The molecule has 0 aromatic heterocycles. The van der Waals surface area contributed by atoms with E-state index in [0.717, 1.165) is 36.4 Å². The highest BCUT2D eigenvalue weighted by Crippen LogP contribution is 2.47. The van der Waals surface area contributed by atoms with Crippen molar-refractivity contribution in [2.75, 3.05) is 6.54 Å². The Kier molecular flexibility index (Phi) is 2.67. The molecule has 2 N–H and O–H groups in total. The first-order chi connectivity index (χ1) is 8.43. The van der Waals surface area contributed by atoms with Gasteiger partial charge in [0.2, 0.25) is 0 Å². The highest BCUT2D eigenvalue weighted by Gasteiger charge is 2.52. The van der Waals surface area contributed by atoms with Crippen LogP contribution in [0.25, 0.3) is 0 Å². The minimum absolute atomic E-state index is 0.503. The predicted molar refractivity (Wildman–Crippen MR) is 66.4 cm³/mol. The van der Waals surface area contributed by atoms with Crippen LogP contribution in [0.2, 0.25) is 0 Å². The Bertz CT molecular complexity index is 294. The van der Waals surface area contributed by atoms with Crippen LogP contribution in [0.3, 0.4) is 0 Å². The smallest absolute Gasteiger partial charge is 0.0865 e. The van der Waals surface area contributed by atoms with Gasteiger partial charge in [0.1, 0.15) is 0 Å². The first-order valence-electron chi connectivity index (χ1n) is 7.58. The normalized spacial score (nSPS) is 53.6. The molecule has 3 nitrogen and oxygen atoms in total. The highest BCUT2D eigenvalue weighted by atomic mass is 16.7. The van der Waals surface area contributed by atoms with Crippen LogP contribution in [-0.2, 0) is 4.84 Å². The molecule has 2 saturated heterocycles. The van der Waals surface area contributed by atoms with Gasteiger partial charge in [0.15, 0.2) is 0 Å². The Labute approximate surface area is 104 Å². The Balaban J connectivity index is 1.59. The fourth-order valence-electron chi connectivity index (χ4n) is 5.02. The summed E-state index contributed by atoms with van der Waals surface area (Å²) in [6.07, 6.45) is 10.3. The molecule has 0 bridgehead atoms. The topological polar surface area (TPSA) is 33.3 Å². The number of hydroxylamine groups is 1. The average molecular weight is 236 g/mol. The summed E-state index contributed by atoms with van der Waals surface area (Å²) < 4.78 is 0. The molecule has 6 unspecified atom stereocenters. The van der Waals surface area contributed by atoms with Crippen molar-refractivity contribution >= 4 is 0 Å². The molecule has 0 aromatic carbocycles. The number of nitrogens with one attached hydrogen (secondary N) is 2. The molecule has 0 aromatic rings. The van der Waals surface area contributed by atoms with Crippen molar-refractivity contribution in [2.24, 2.45) is 17.8 Å². The molecule has 4 rings (SSSR count). The van der Waals surface area contributed by atoms with Gasteiger partial charge in [-0.3, -0.25) is 4.84 Å². The highest BCUT2D eigenvalue weighted by molar-refractivity contribution is 5.05. The molecule has 4 fully saturated rings. The van der Waals surface area contributed by atoms with Crippen LogP contribution >= 0.6 is 0 Å². The van der Waals surface area contributed by atoms with E-state index >= 15 is 0 Å². The van der Waals surface area contributed by atoms with E-state index in [4.69, 9.17) is 4.84 Å². The molecule has 2 aliphatic heterocycles. The second-order valence-electron chi connectivity index (χ2n) is 6.51. The molecule has 0 amide bonds. The van der Waals surface area contributed by atoms with E-state index in [1.54, 1.807) is 0 Å². The third-order valence-electron chi connectivity index (χ3n) is 5.74. The SMILES string of the molecule is C1CCC2C(C1)NC1CCC3CCNOC3C12. The fraction of sp³-hybridized carbons (Fsp3) is 1.00. The maximum Gasteiger partial charge on any atom is 0.0865 e. The van der Waals surface area contributed by atoms with Gasteiger partial charge in [0, 0.05) is 24.5 Å². The molecule has 2 saturated carbocycles. The van der Waals surface area contributed by atoms with E-state index in [9.17, 15) is 0 Å². The molecule has 2 aliphatic carbocycles. The lowest BCUT2D eigenvalue weighted by Crippen LogP contribution is -2.51. The molecule has 2 heterocycles. The summed E-state index contributed by atoms with van der Waals surface area (Å²) in [4.78, 5) is 5.95. The van der Waals surface area contributed by atoms with E-state index in [-0.39, 0.29) is 0 Å². The third kappa shape index (κ3) is 1.66. The van der Waals surface area contributed by atoms with Crippen LogP contribution in [0.5, 0.6) is 0 Å². The molecule has 96 valence electrons. The summed E-state index contributed by atoms with van der Waals surface area (Å²) in [7, 11) is 0. The zero-order chi connectivity index (χ0) is 11.2. The minimum atomic E-state index is 0.503. The van der Waals surface area contributed by atoms with E-state index in [1.807, 2.05) is 0 Å². The van der Waals surface area contributed by atoms with Crippen LogP contribution in [0.15, 0.2) is 0 Å². The van der Waals surface area contributed by atoms with Gasteiger partial charge in [-0.25, -0.2) is 5.48 Å². The summed E-state index contributed by atoms with van der Waals surface area (Å²) in [6, 6.07) is 1.56. The predicted octanol–water partition coefficient (Wildman–Crippen LogP) is 1.84. The first-order valence-corrected chi connectivity index (χ1v) is 7.58. The number of hydrogen-bond donors (Lipinski definition) is 2. The molecule has 3 heteroatoms.